The number of benzene rings is 1. The van der Waals surface area contributed by atoms with Gasteiger partial charge in [-0.3, -0.25) is 9.59 Å². The summed E-state index contributed by atoms with van der Waals surface area (Å²) in [5.74, 6) is 0.243. The van der Waals surface area contributed by atoms with Crippen LogP contribution in [0.5, 0.6) is 11.5 Å². The molecule has 4 N–H and O–H groups in total. The van der Waals surface area contributed by atoms with Gasteiger partial charge in [0, 0.05) is 17.5 Å². The number of hydrogen-bond acceptors (Lipinski definition) is 6. The third-order valence-electron chi connectivity index (χ3n) is 2.50. The number of carboxylic acids is 1. The average Bonchev–Trinajstić information content (AvgIpc) is 2.85. The lowest BCUT2D eigenvalue weighted by molar-refractivity contribution is -0.137. The highest BCUT2D eigenvalue weighted by molar-refractivity contribution is 8.00. The van der Waals surface area contributed by atoms with Crippen molar-refractivity contribution >= 4 is 29.3 Å². The van der Waals surface area contributed by atoms with E-state index in [0.29, 0.717) is 17.2 Å². The van der Waals surface area contributed by atoms with Gasteiger partial charge in [-0.05, 0) is 12.1 Å². The van der Waals surface area contributed by atoms with Gasteiger partial charge in [-0.2, -0.15) is 0 Å². The molecule has 0 radical (unpaired) electrons. The van der Waals surface area contributed by atoms with Crippen LogP contribution in [0.25, 0.3) is 0 Å². The summed E-state index contributed by atoms with van der Waals surface area (Å²) in [4.78, 5) is 22.2. The van der Waals surface area contributed by atoms with E-state index < -0.39 is 12.0 Å². The molecule has 0 saturated carbocycles. The number of carbonyl (C=O) groups is 2. The molecule has 2 rings (SSSR count). The maximum Gasteiger partial charge on any atom is 0.321 e. The first kappa shape index (κ1) is 14.5. The highest BCUT2D eigenvalue weighted by Crippen LogP contribution is 2.34. The maximum absolute atomic E-state index is 11.7. The number of nitrogens with two attached hydrogens (primary N) is 1. The average molecular weight is 298 g/mol. The van der Waals surface area contributed by atoms with Crippen LogP contribution in [-0.2, 0) is 9.59 Å². The SMILES string of the molecule is NC(CSCC(=O)Nc1ccc2c(c1)OCO2)C(=O)O. The number of ether oxygens (including phenoxy) is 2. The second-order valence-electron chi connectivity index (χ2n) is 4.08. The monoisotopic (exact) mass is 298 g/mol. The number of carboxylic acid groups (broad SMARTS) is 1. The third kappa shape index (κ3) is 3.78. The Morgan fingerprint density at radius 3 is 2.90 bits per heavy atom. The predicted octanol–water partition coefficient (Wildman–Crippen LogP) is 0.499. The van der Waals surface area contributed by atoms with Crippen LogP contribution in [0, 0.1) is 0 Å². The minimum Gasteiger partial charge on any atom is -0.480 e. The molecule has 0 aliphatic carbocycles. The number of amides is 1. The van der Waals surface area contributed by atoms with Crippen molar-refractivity contribution in [2.24, 2.45) is 5.73 Å². The summed E-state index contributed by atoms with van der Waals surface area (Å²) < 4.78 is 10.4. The van der Waals surface area contributed by atoms with E-state index in [4.69, 9.17) is 20.3 Å². The van der Waals surface area contributed by atoms with Crippen LogP contribution in [-0.4, -0.2) is 41.3 Å². The zero-order valence-corrected chi connectivity index (χ0v) is 11.3. The van der Waals surface area contributed by atoms with Gasteiger partial charge in [0.15, 0.2) is 11.5 Å². The van der Waals surface area contributed by atoms with Gasteiger partial charge in [-0.1, -0.05) is 0 Å². The lowest BCUT2D eigenvalue weighted by Gasteiger charge is -2.07. The Kier molecular flexibility index (Phi) is 4.70. The third-order valence-corrected chi connectivity index (χ3v) is 3.57. The van der Waals surface area contributed by atoms with Gasteiger partial charge >= 0.3 is 5.97 Å². The number of thioether (sulfide) groups is 1. The molecule has 0 aromatic heterocycles. The quantitative estimate of drug-likeness (QED) is 0.701. The Hall–Kier alpha value is -1.93. The highest BCUT2D eigenvalue weighted by atomic mass is 32.2. The van der Waals surface area contributed by atoms with E-state index >= 15 is 0 Å². The molecule has 20 heavy (non-hydrogen) atoms. The van der Waals surface area contributed by atoms with Crippen molar-refractivity contribution in [1.82, 2.24) is 0 Å². The van der Waals surface area contributed by atoms with E-state index in [1.807, 2.05) is 0 Å². The summed E-state index contributed by atoms with van der Waals surface area (Å²) >= 11 is 1.17. The summed E-state index contributed by atoms with van der Waals surface area (Å²) in [6.45, 7) is 0.176. The Balaban J connectivity index is 1.78. The van der Waals surface area contributed by atoms with Gasteiger partial charge in [0.1, 0.15) is 6.04 Å². The fraction of sp³-hybridized carbons (Fsp3) is 0.333. The smallest absolute Gasteiger partial charge is 0.321 e. The van der Waals surface area contributed by atoms with Crippen molar-refractivity contribution in [3.63, 3.8) is 0 Å². The summed E-state index contributed by atoms with van der Waals surface area (Å²) in [7, 11) is 0. The molecule has 0 saturated heterocycles. The molecule has 1 amide bonds. The van der Waals surface area contributed by atoms with Crippen LogP contribution >= 0.6 is 11.8 Å². The number of nitrogens with one attached hydrogen (secondary N) is 1. The van der Waals surface area contributed by atoms with Crippen LogP contribution in [0.1, 0.15) is 0 Å². The molecule has 8 heteroatoms. The molecule has 0 bridgehead atoms. The number of anilines is 1. The summed E-state index contributed by atoms with van der Waals surface area (Å²) in [5.41, 5.74) is 5.93. The maximum atomic E-state index is 11.7. The Bertz CT molecular complexity index is 523. The first-order valence-electron chi connectivity index (χ1n) is 5.82. The molecule has 1 unspecified atom stereocenters. The van der Waals surface area contributed by atoms with Crippen molar-refractivity contribution in [2.45, 2.75) is 6.04 Å². The molecule has 1 aromatic carbocycles. The van der Waals surface area contributed by atoms with Crippen molar-refractivity contribution in [2.75, 3.05) is 23.6 Å². The molecule has 7 nitrogen and oxygen atoms in total. The van der Waals surface area contributed by atoms with Gasteiger partial charge in [-0.25, -0.2) is 0 Å². The minimum atomic E-state index is -1.08. The molecule has 108 valence electrons. The van der Waals surface area contributed by atoms with E-state index in [1.54, 1.807) is 18.2 Å². The molecule has 1 aromatic rings. The first-order chi connectivity index (χ1) is 9.56. The zero-order valence-electron chi connectivity index (χ0n) is 10.5. The molecule has 0 fully saturated rings. The van der Waals surface area contributed by atoms with E-state index in [0.717, 1.165) is 0 Å². The zero-order chi connectivity index (χ0) is 14.5. The molecule has 1 heterocycles. The standard InChI is InChI=1S/C12H14N2O5S/c13-8(12(16)17)4-20-5-11(15)14-7-1-2-9-10(3-7)19-6-18-9/h1-3,8H,4-6,13H2,(H,14,15)(H,16,17). The Morgan fingerprint density at radius 1 is 1.40 bits per heavy atom. The lowest BCUT2D eigenvalue weighted by Crippen LogP contribution is -2.33. The largest absolute Gasteiger partial charge is 0.480 e. The first-order valence-corrected chi connectivity index (χ1v) is 6.97. The normalized spacial score (nSPS) is 13.8. The van der Waals surface area contributed by atoms with Gasteiger partial charge in [0.25, 0.3) is 0 Å². The number of carbonyl (C=O) groups excluding carboxylic acids is 1. The van der Waals surface area contributed by atoms with Gasteiger partial charge < -0.3 is 25.6 Å². The van der Waals surface area contributed by atoms with E-state index in [2.05, 4.69) is 5.32 Å². The van der Waals surface area contributed by atoms with Crippen molar-refractivity contribution < 1.29 is 24.2 Å². The fourth-order valence-electron chi connectivity index (χ4n) is 1.52. The van der Waals surface area contributed by atoms with E-state index in [9.17, 15) is 9.59 Å². The summed E-state index contributed by atoms with van der Waals surface area (Å²) in [6, 6.07) is 4.14. The van der Waals surface area contributed by atoms with Crippen molar-refractivity contribution in [1.29, 1.82) is 0 Å². The molecular weight excluding hydrogens is 284 g/mol. The van der Waals surface area contributed by atoms with E-state index in [-0.39, 0.29) is 24.2 Å². The second-order valence-corrected chi connectivity index (χ2v) is 5.11. The molecular formula is C12H14N2O5S. The van der Waals surface area contributed by atoms with Gasteiger partial charge in [0.2, 0.25) is 12.7 Å². The number of aliphatic carboxylic acids is 1. The lowest BCUT2D eigenvalue weighted by atomic mass is 10.3. The van der Waals surface area contributed by atoms with Crippen LogP contribution in [0.3, 0.4) is 0 Å². The Morgan fingerprint density at radius 2 is 2.15 bits per heavy atom. The highest BCUT2D eigenvalue weighted by Gasteiger charge is 2.15. The summed E-state index contributed by atoms with van der Waals surface area (Å²) in [6.07, 6.45) is 0. The molecule has 0 spiro atoms. The van der Waals surface area contributed by atoms with Crippen LogP contribution in [0.2, 0.25) is 0 Å². The van der Waals surface area contributed by atoms with Crippen LogP contribution in [0.4, 0.5) is 5.69 Å². The van der Waals surface area contributed by atoms with Crippen molar-refractivity contribution in [3.8, 4) is 11.5 Å². The second kappa shape index (κ2) is 6.49. The Labute approximate surface area is 119 Å². The molecule has 1 aliphatic rings. The molecule has 1 aliphatic heterocycles. The minimum absolute atomic E-state index is 0.134. The summed E-state index contributed by atoms with van der Waals surface area (Å²) in [5, 5.41) is 11.3. The molecule has 1 atom stereocenters. The van der Waals surface area contributed by atoms with Crippen molar-refractivity contribution in [3.05, 3.63) is 18.2 Å². The van der Waals surface area contributed by atoms with Gasteiger partial charge in [0.05, 0.1) is 5.75 Å². The number of hydrogen-bond donors (Lipinski definition) is 3. The number of rotatable bonds is 6. The van der Waals surface area contributed by atoms with Gasteiger partial charge in [-0.15, -0.1) is 11.8 Å². The van der Waals surface area contributed by atoms with E-state index in [1.165, 1.54) is 11.8 Å². The van der Waals surface area contributed by atoms with Crippen LogP contribution < -0.4 is 20.5 Å². The number of fused-ring (bicyclic) bond motifs is 1. The predicted molar refractivity (Wildman–Crippen MR) is 74.1 cm³/mol. The van der Waals surface area contributed by atoms with Crippen LogP contribution in [0.15, 0.2) is 18.2 Å². The fourth-order valence-corrected chi connectivity index (χ4v) is 2.29. The topological polar surface area (TPSA) is 111 Å².